The molecule has 1 fully saturated rings. The maximum atomic E-state index is 13.3. The van der Waals surface area contributed by atoms with Gasteiger partial charge in [-0.1, -0.05) is 60.1 Å². The number of hydrogen-bond acceptors (Lipinski definition) is 10. The lowest BCUT2D eigenvalue weighted by atomic mass is 9.88. The Morgan fingerprint density at radius 3 is 2.42 bits per heavy atom. The lowest BCUT2D eigenvalue weighted by Gasteiger charge is -2.39. The molecule has 0 unspecified atom stereocenters. The zero-order valence-electron chi connectivity index (χ0n) is 24.0. The van der Waals surface area contributed by atoms with Crippen molar-refractivity contribution in [1.29, 1.82) is 0 Å². The topological polar surface area (TPSA) is 198 Å². The molecule has 1 saturated heterocycles. The summed E-state index contributed by atoms with van der Waals surface area (Å²) in [5.74, 6) is -0.680. The molecule has 6 rings (SSSR count). The molecule has 0 bridgehead atoms. The standard InChI is InChI=1S/C30H30ClN9O4S/c31-24-26(33)37-25(32)23(36-24)27(41)38-29-34-17-30(39-29)12-14-40(15-13-30)28(42)20-10-8-18(9-11-20)16-35-45(43,44)22-7-3-5-19-4-1-2-6-21(19)22/h1-11,35H,12-17H2,(H4,32,33,37)(H2,34,38,39,41). The molecule has 232 valence electrons. The van der Waals surface area contributed by atoms with Crippen molar-refractivity contribution in [2.45, 2.75) is 29.8 Å². The Kier molecular flexibility index (Phi) is 8.03. The number of nitrogen functional groups attached to an aromatic ring is 2. The molecule has 2 aliphatic heterocycles. The fourth-order valence-corrected chi connectivity index (χ4v) is 6.83. The molecular formula is C30H30ClN9O4S. The Labute approximate surface area is 264 Å². The van der Waals surface area contributed by atoms with Crippen LogP contribution in [0.15, 0.2) is 76.6 Å². The Hall–Kier alpha value is -4.79. The number of sulfonamides is 1. The fraction of sp³-hybridized carbons (Fsp3) is 0.233. The highest BCUT2D eigenvalue weighted by molar-refractivity contribution is 7.89. The third kappa shape index (κ3) is 6.25. The van der Waals surface area contributed by atoms with Crippen LogP contribution in [0.3, 0.4) is 0 Å². The summed E-state index contributed by atoms with van der Waals surface area (Å²) in [5, 5.41) is 7.31. The zero-order valence-corrected chi connectivity index (χ0v) is 25.5. The summed E-state index contributed by atoms with van der Waals surface area (Å²) in [4.78, 5) is 40.1. The van der Waals surface area contributed by atoms with Crippen molar-refractivity contribution in [2.24, 2.45) is 4.99 Å². The zero-order chi connectivity index (χ0) is 31.8. The van der Waals surface area contributed by atoms with Gasteiger partial charge in [-0.25, -0.2) is 23.1 Å². The average molecular weight is 648 g/mol. The highest BCUT2D eigenvalue weighted by Gasteiger charge is 2.40. The molecular weight excluding hydrogens is 618 g/mol. The minimum atomic E-state index is -3.75. The number of nitrogens with one attached hydrogen (secondary N) is 3. The molecule has 7 N–H and O–H groups in total. The van der Waals surface area contributed by atoms with Crippen LogP contribution in [-0.2, 0) is 16.6 Å². The van der Waals surface area contributed by atoms with Gasteiger partial charge in [0.1, 0.15) is 0 Å². The van der Waals surface area contributed by atoms with Gasteiger partial charge in [0.15, 0.2) is 28.4 Å². The third-order valence-corrected chi connectivity index (χ3v) is 9.73. The van der Waals surface area contributed by atoms with Gasteiger partial charge < -0.3 is 21.7 Å². The van der Waals surface area contributed by atoms with Gasteiger partial charge in [0.2, 0.25) is 10.0 Å². The van der Waals surface area contributed by atoms with Crippen LogP contribution in [-0.4, -0.2) is 66.2 Å². The molecule has 45 heavy (non-hydrogen) atoms. The van der Waals surface area contributed by atoms with E-state index in [0.717, 1.165) is 10.9 Å². The Balaban J connectivity index is 1.01. The SMILES string of the molecule is Nc1nc(N)c(C(=O)NC2=NCC3(CCN(C(=O)c4ccc(CNS(=O)(=O)c5cccc6ccccc56)cc4)CC3)N2)nc1Cl. The van der Waals surface area contributed by atoms with Crippen molar-refractivity contribution in [3.05, 3.63) is 88.7 Å². The van der Waals surface area contributed by atoms with Crippen LogP contribution in [0.4, 0.5) is 11.6 Å². The first-order chi connectivity index (χ1) is 21.5. The number of aromatic nitrogens is 2. The predicted octanol–water partition coefficient (Wildman–Crippen LogP) is 2.29. The lowest BCUT2D eigenvalue weighted by Crippen LogP contribution is -2.57. The molecule has 1 aromatic heterocycles. The first-order valence-electron chi connectivity index (χ1n) is 14.1. The van der Waals surface area contributed by atoms with E-state index in [1.54, 1.807) is 47.4 Å². The monoisotopic (exact) mass is 647 g/mol. The molecule has 2 aliphatic rings. The summed E-state index contributed by atoms with van der Waals surface area (Å²) < 4.78 is 28.8. The van der Waals surface area contributed by atoms with Crippen molar-refractivity contribution in [3.63, 3.8) is 0 Å². The number of piperidine rings is 1. The summed E-state index contributed by atoms with van der Waals surface area (Å²) in [6, 6.07) is 19.4. The summed E-state index contributed by atoms with van der Waals surface area (Å²) in [5.41, 5.74) is 12.0. The van der Waals surface area contributed by atoms with Gasteiger partial charge in [0, 0.05) is 30.6 Å². The first kappa shape index (κ1) is 30.2. The van der Waals surface area contributed by atoms with Crippen LogP contribution < -0.4 is 26.8 Å². The number of benzene rings is 3. The second kappa shape index (κ2) is 12.0. The Morgan fingerprint density at radius 1 is 0.956 bits per heavy atom. The Morgan fingerprint density at radius 2 is 1.67 bits per heavy atom. The van der Waals surface area contributed by atoms with Crippen LogP contribution >= 0.6 is 11.6 Å². The molecule has 0 aliphatic carbocycles. The molecule has 4 aromatic rings. The van der Waals surface area contributed by atoms with E-state index in [0.29, 0.717) is 43.4 Å². The molecule has 3 aromatic carbocycles. The van der Waals surface area contributed by atoms with E-state index in [2.05, 4.69) is 30.3 Å². The molecule has 0 saturated carbocycles. The van der Waals surface area contributed by atoms with E-state index in [1.807, 2.05) is 24.3 Å². The number of aliphatic imine (C=N–C) groups is 1. The maximum Gasteiger partial charge on any atom is 0.280 e. The fourth-order valence-electron chi connectivity index (χ4n) is 5.46. The number of amides is 2. The summed E-state index contributed by atoms with van der Waals surface area (Å²) >= 11 is 5.88. The normalized spacial score (nSPS) is 15.9. The first-order valence-corrected chi connectivity index (χ1v) is 16.0. The molecule has 3 heterocycles. The van der Waals surface area contributed by atoms with Crippen molar-refractivity contribution >= 4 is 61.8 Å². The van der Waals surface area contributed by atoms with E-state index in [9.17, 15) is 18.0 Å². The van der Waals surface area contributed by atoms with Crippen LogP contribution in [0.5, 0.6) is 0 Å². The number of likely N-dealkylation sites (tertiary alicyclic amines) is 1. The number of rotatable bonds is 6. The van der Waals surface area contributed by atoms with Gasteiger partial charge in [-0.05, 0) is 42.0 Å². The number of nitrogens with two attached hydrogens (primary N) is 2. The van der Waals surface area contributed by atoms with Gasteiger partial charge in [-0.2, -0.15) is 0 Å². The van der Waals surface area contributed by atoms with Gasteiger partial charge in [-0.3, -0.25) is 19.9 Å². The molecule has 2 amide bonds. The average Bonchev–Trinajstić information content (AvgIpc) is 3.43. The van der Waals surface area contributed by atoms with Gasteiger partial charge in [0.25, 0.3) is 11.8 Å². The number of carbonyl (C=O) groups is 2. The molecule has 0 atom stereocenters. The minimum absolute atomic E-state index is 0.0709. The summed E-state index contributed by atoms with van der Waals surface area (Å²) in [6.45, 7) is 1.49. The minimum Gasteiger partial charge on any atom is -0.382 e. The van der Waals surface area contributed by atoms with Crippen LogP contribution in [0.1, 0.15) is 39.3 Å². The highest BCUT2D eigenvalue weighted by Crippen LogP contribution is 2.27. The van der Waals surface area contributed by atoms with Gasteiger partial charge >= 0.3 is 0 Å². The summed E-state index contributed by atoms with van der Waals surface area (Å²) in [6.07, 6.45) is 1.23. The second-order valence-corrected chi connectivity index (χ2v) is 13.0. The van der Waals surface area contributed by atoms with Crippen molar-refractivity contribution < 1.29 is 18.0 Å². The van der Waals surface area contributed by atoms with Gasteiger partial charge in [-0.15, -0.1) is 0 Å². The van der Waals surface area contributed by atoms with E-state index in [-0.39, 0.29) is 45.8 Å². The quantitative estimate of drug-likeness (QED) is 0.208. The highest BCUT2D eigenvalue weighted by atomic mass is 35.5. The largest absolute Gasteiger partial charge is 0.382 e. The third-order valence-electron chi connectivity index (χ3n) is 7.99. The van der Waals surface area contributed by atoms with Gasteiger partial charge in [0.05, 0.1) is 17.0 Å². The molecule has 0 radical (unpaired) electrons. The Bertz CT molecular complexity index is 1940. The van der Waals surface area contributed by atoms with Crippen LogP contribution in [0.25, 0.3) is 10.8 Å². The van der Waals surface area contributed by atoms with Crippen LogP contribution in [0, 0.1) is 0 Å². The number of anilines is 2. The molecule has 1 spiro atoms. The summed E-state index contributed by atoms with van der Waals surface area (Å²) in [7, 11) is -3.75. The smallest absolute Gasteiger partial charge is 0.280 e. The van der Waals surface area contributed by atoms with Crippen molar-refractivity contribution in [3.8, 4) is 0 Å². The number of halogens is 1. The maximum absolute atomic E-state index is 13.3. The van der Waals surface area contributed by atoms with E-state index >= 15 is 0 Å². The number of carbonyl (C=O) groups excluding carboxylic acids is 2. The van der Waals surface area contributed by atoms with Crippen LogP contribution in [0.2, 0.25) is 5.15 Å². The lowest BCUT2D eigenvalue weighted by molar-refractivity contribution is 0.0668. The van der Waals surface area contributed by atoms with E-state index in [1.165, 1.54) is 0 Å². The number of fused-ring (bicyclic) bond motifs is 1. The predicted molar refractivity (Wildman–Crippen MR) is 171 cm³/mol. The second-order valence-electron chi connectivity index (χ2n) is 10.9. The van der Waals surface area contributed by atoms with Crippen molar-refractivity contribution in [2.75, 3.05) is 31.1 Å². The molecule has 15 heteroatoms. The van der Waals surface area contributed by atoms with Crippen molar-refractivity contribution in [1.82, 2.24) is 30.2 Å². The number of guanidine groups is 1. The van der Waals surface area contributed by atoms with E-state index in [4.69, 9.17) is 23.1 Å². The number of hydrogen-bond donors (Lipinski definition) is 5. The van der Waals surface area contributed by atoms with E-state index < -0.39 is 21.5 Å². The number of nitrogens with zero attached hydrogens (tertiary/aromatic N) is 4. The molecule has 13 nitrogen and oxygen atoms in total.